The predicted octanol–water partition coefficient (Wildman–Crippen LogP) is 4.48. The van der Waals surface area contributed by atoms with E-state index in [4.69, 9.17) is 0 Å². The van der Waals surface area contributed by atoms with Gasteiger partial charge in [-0.15, -0.1) is 6.58 Å². The summed E-state index contributed by atoms with van der Waals surface area (Å²) < 4.78 is 16.6. The molecule has 3 aromatic rings. The topological polar surface area (TPSA) is 34.4 Å². The van der Waals surface area contributed by atoms with Crippen molar-refractivity contribution < 1.29 is 9.18 Å². The van der Waals surface area contributed by atoms with E-state index in [0.29, 0.717) is 23.3 Å². The number of fused-ring (bicyclic) bond motifs is 1. The molecule has 0 saturated carbocycles. The summed E-state index contributed by atoms with van der Waals surface area (Å²) in [5, 5.41) is 0. The van der Waals surface area contributed by atoms with Gasteiger partial charge in [0.2, 0.25) is 5.91 Å². The van der Waals surface area contributed by atoms with Gasteiger partial charge in [0.05, 0.1) is 10.2 Å². The first-order valence-corrected chi connectivity index (χ1v) is 9.01. The molecule has 1 heterocycles. The largest absolute Gasteiger partial charge is 0.310 e. The lowest BCUT2D eigenvalue weighted by molar-refractivity contribution is -0.118. The summed E-state index contributed by atoms with van der Waals surface area (Å²) in [7, 11) is 0. The zero-order chi connectivity index (χ0) is 17.6. The van der Waals surface area contributed by atoms with E-state index in [0.717, 1.165) is 17.5 Å². The van der Waals surface area contributed by atoms with Gasteiger partial charge in [-0.25, -0.2) is 4.39 Å². The van der Waals surface area contributed by atoms with Gasteiger partial charge in [0, 0.05) is 13.0 Å². The summed E-state index contributed by atoms with van der Waals surface area (Å²) in [5.41, 5.74) is 1.68. The zero-order valence-electron chi connectivity index (χ0n) is 13.8. The minimum atomic E-state index is -0.312. The van der Waals surface area contributed by atoms with Gasteiger partial charge in [0.15, 0.2) is 4.80 Å². The fourth-order valence-corrected chi connectivity index (χ4v) is 3.79. The quantitative estimate of drug-likeness (QED) is 0.601. The average Bonchev–Trinajstić information content (AvgIpc) is 2.95. The molecular weight excluding hydrogens is 335 g/mol. The van der Waals surface area contributed by atoms with E-state index < -0.39 is 0 Å². The average molecular weight is 354 g/mol. The lowest BCUT2D eigenvalue weighted by Crippen LogP contribution is -2.16. The zero-order valence-corrected chi connectivity index (χ0v) is 14.6. The van der Waals surface area contributed by atoms with Gasteiger partial charge >= 0.3 is 0 Å². The molecule has 0 fully saturated rings. The molecule has 0 aliphatic carbocycles. The summed E-state index contributed by atoms with van der Waals surface area (Å²) in [6.07, 6.45) is 3.64. The Bertz CT molecular complexity index is 957. The van der Waals surface area contributed by atoms with Gasteiger partial charge in [-0.2, -0.15) is 4.99 Å². The molecule has 25 heavy (non-hydrogen) atoms. The minimum Gasteiger partial charge on any atom is -0.310 e. The Hall–Kier alpha value is -2.53. The highest BCUT2D eigenvalue weighted by Gasteiger charge is 2.10. The second kappa shape index (κ2) is 8.03. The summed E-state index contributed by atoms with van der Waals surface area (Å²) in [5.74, 6) is -0.491. The summed E-state index contributed by atoms with van der Waals surface area (Å²) in [4.78, 5) is 17.0. The Balaban J connectivity index is 1.80. The lowest BCUT2D eigenvalue weighted by atomic mass is 10.1. The van der Waals surface area contributed by atoms with Crippen LogP contribution in [0.15, 0.2) is 66.2 Å². The fraction of sp³-hybridized carbons (Fsp3) is 0.200. The van der Waals surface area contributed by atoms with Gasteiger partial charge in [-0.3, -0.25) is 4.79 Å². The number of allylic oxidation sites excluding steroid dienone is 1. The molecule has 0 aliphatic heterocycles. The van der Waals surface area contributed by atoms with E-state index in [1.807, 2.05) is 24.3 Å². The highest BCUT2D eigenvalue weighted by atomic mass is 32.1. The second-order valence-corrected chi connectivity index (χ2v) is 6.72. The van der Waals surface area contributed by atoms with E-state index in [1.54, 1.807) is 16.7 Å². The number of hydrogen-bond donors (Lipinski definition) is 0. The van der Waals surface area contributed by atoms with Crippen LogP contribution in [0.4, 0.5) is 4.39 Å². The van der Waals surface area contributed by atoms with Crippen LogP contribution in [0.3, 0.4) is 0 Å². The third-order valence-electron chi connectivity index (χ3n) is 3.88. The summed E-state index contributed by atoms with van der Waals surface area (Å²) in [6.45, 7) is 4.12. The van der Waals surface area contributed by atoms with Gasteiger partial charge in [0.25, 0.3) is 0 Å². The Morgan fingerprint density at radius 1 is 1.20 bits per heavy atom. The molecular formula is C20H19FN2OS. The second-order valence-electron chi connectivity index (χ2n) is 5.72. The SMILES string of the molecule is C=CCn1c(=NC(=O)CCCc2ccccc2)sc2cccc(F)c21. The van der Waals surface area contributed by atoms with Crippen molar-refractivity contribution in [2.75, 3.05) is 0 Å². The van der Waals surface area contributed by atoms with Gasteiger partial charge < -0.3 is 4.57 Å². The molecule has 0 atom stereocenters. The van der Waals surface area contributed by atoms with Gasteiger partial charge in [0.1, 0.15) is 5.82 Å². The molecule has 1 amide bonds. The number of aromatic nitrogens is 1. The van der Waals surface area contributed by atoms with Crippen molar-refractivity contribution in [2.45, 2.75) is 25.8 Å². The van der Waals surface area contributed by atoms with Crippen molar-refractivity contribution in [1.29, 1.82) is 0 Å². The molecule has 1 aromatic heterocycles. The van der Waals surface area contributed by atoms with Crippen LogP contribution in [0, 0.1) is 5.82 Å². The molecule has 0 saturated heterocycles. The first kappa shape index (κ1) is 17.3. The number of amides is 1. The Morgan fingerprint density at radius 3 is 2.76 bits per heavy atom. The Labute approximate surface area is 149 Å². The van der Waals surface area contributed by atoms with E-state index in [-0.39, 0.29) is 11.7 Å². The highest BCUT2D eigenvalue weighted by molar-refractivity contribution is 7.16. The van der Waals surface area contributed by atoms with E-state index in [2.05, 4.69) is 23.7 Å². The Kier molecular flexibility index (Phi) is 5.56. The van der Waals surface area contributed by atoms with Crippen molar-refractivity contribution in [3.63, 3.8) is 0 Å². The Morgan fingerprint density at radius 2 is 2.00 bits per heavy atom. The number of carbonyl (C=O) groups excluding carboxylic acids is 1. The normalized spacial score (nSPS) is 11.8. The number of rotatable bonds is 6. The van der Waals surface area contributed by atoms with E-state index >= 15 is 0 Å². The molecule has 0 radical (unpaired) electrons. The number of hydrogen-bond acceptors (Lipinski definition) is 2. The minimum absolute atomic E-state index is 0.180. The van der Waals surface area contributed by atoms with Crippen LogP contribution >= 0.6 is 11.3 Å². The highest BCUT2D eigenvalue weighted by Crippen LogP contribution is 2.20. The monoisotopic (exact) mass is 354 g/mol. The van der Waals surface area contributed by atoms with Crippen molar-refractivity contribution in [3.05, 3.63) is 77.4 Å². The fourth-order valence-electron chi connectivity index (χ4n) is 2.72. The first-order valence-electron chi connectivity index (χ1n) is 8.19. The summed E-state index contributed by atoms with van der Waals surface area (Å²) >= 11 is 1.32. The molecule has 0 spiro atoms. The third-order valence-corrected chi connectivity index (χ3v) is 4.93. The maximum absolute atomic E-state index is 14.1. The van der Waals surface area contributed by atoms with Crippen LogP contribution in [0.1, 0.15) is 18.4 Å². The third kappa shape index (κ3) is 4.12. The number of para-hydroxylation sites is 1. The number of halogens is 1. The maximum atomic E-state index is 14.1. The van der Waals surface area contributed by atoms with Crippen molar-refractivity contribution >= 4 is 27.5 Å². The van der Waals surface area contributed by atoms with Gasteiger partial charge in [-0.1, -0.05) is 53.8 Å². The smallest absolute Gasteiger partial charge is 0.248 e. The molecule has 2 aromatic carbocycles. The molecule has 0 bridgehead atoms. The number of benzene rings is 2. The molecule has 3 rings (SSSR count). The van der Waals surface area contributed by atoms with Crippen LogP contribution in [0.25, 0.3) is 10.2 Å². The van der Waals surface area contributed by atoms with Crippen LogP contribution in [0.2, 0.25) is 0 Å². The van der Waals surface area contributed by atoms with Crippen LogP contribution in [-0.4, -0.2) is 10.5 Å². The first-order chi connectivity index (χ1) is 12.2. The number of aryl methyl sites for hydroxylation is 1. The molecule has 5 heteroatoms. The lowest BCUT2D eigenvalue weighted by Gasteiger charge is -2.02. The molecule has 3 nitrogen and oxygen atoms in total. The molecule has 0 N–H and O–H groups in total. The van der Waals surface area contributed by atoms with Crippen molar-refractivity contribution in [3.8, 4) is 0 Å². The standard InChI is InChI=1S/C20H19FN2OS/c1-2-14-23-19-16(21)11-7-12-17(19)25-20(23)22-18(24)13-6-10-15-8-4-3-5-9-15/h2-5,7-9,11-12H,1,6,10,13-14H2. The number of thiazole rings is 1. The van der Waals surface area contributed by atoms with Gasteiger partial charge in [-0.05, 0) is 30.5 Å². The number of carbonyl (C=O) groups is 1. The van der Waals surface area contributed by atoms with Crippen molar-refractivity contribution in [1.82, 2.24) is 4.57 Å². The summed E-state index contributed by atoms with van der Waals surface area (Å²) in [6, 6.07) is 15.0. The molecule has 128 valence electrons. The number of nitrogens with zero attached hydrogens (tertiary/aromatic N) is 2. The van der Waals surface area contributed by atoms with Crippen LogP contribution in [0.5, 0.6) is 0 Å². The predicted molar refractivity (Wildman–Crippen MR) is 99.9 cm³/mol. The van der Waals surface area contributed by atoms with E-state index in [9.17, 15) is 9.18 Å². The van der Waals surface area contributed by atoms with Crippen molar-refractivity contribution in [2.24, 2.45) is 4.99 Å². The maximum Gasteiger partial charge on any atom is 0.248 e. The molecule has 0 unspecified atom stereocenters. The molecule has 0 aliphatic rings. The van der Waals surface area contributed by atoms with Crippen LogP contribution < -0.4 is 4.80 Å². The van der Waals surface area contributed by atoms with E-state index in [1.165, 1.54) is 23.0 Å². The van der Waals surface area contributed by atoms with Crippen LogP contribution in [-0.2, 0) is 17.8 Å².